The number of carbonyl (C=O) groups excluding carboxylic acids is 2. The molecule has 1 unspecified atom stereocenters. The fourth-order valence-electron chi connectivity index (χ4n) is 5.01. The summed E-state index contributed by atoms with van der Waals surface area (Å²) in [5.41, 5.74) is 4.00. The normalized spacial score (nSPS) is 16.7. The summed E-state index contributed by atoms with van der Waals surface area (Å²) in [6.45, 7) is 5.80. The molecule has 2 aliphatic rings. The Labute approximate surface area is 222 Å². The van der Waals surface area contributed by atoms with E-state index in [-0.39, 0.29) is 24.4 Å². The van der Waals surface area contributed by atoms with Crippen LogP contribution < -0.4 is 9.47 Å². The molecule has 37 heavy (non-hydrogen) atoms. The molecule has 0 bridgehead atoms. The zero-order chi connectivity index (χ0) is 25.9. The fraction of sp³-hybridized carbons (Fsp3) is 0.400. The lowest BCUT2D eigenvalue weighted by Gasteiger charge is -2.37. The lowest BCUT2D eigenvalue weighted by molar-refractivity contribution is -0.135. The van der Waals surface area contributed by atoms with E-state index in [0.717, 1.165) is 36.1 Å². The Kier molecular flexibility index (Phi) is 7.51. The molecule has 2 amide bonds. The minimum absolute atomic E-state index is 0.0337. The van der Waals surface area contributed by atoms with E-state index in [1.165, 1.54) is 10.4 Å². The number of aryl methyl sites for hydroxylation is 2. The summed E-state index contributed by atoms with van der Waals surface area (Å²) in [6, 6.07) is 15.2. The van der Waals surface area contributed by atoms with Gasteiger partial charge in [0.15, 0.2) is 0 Å². The van der Waals surface area contributed by atoms with Gasteiger partial charge in [-0.3, -0.25) is 9.59 Å². The number of carbonyl (C=O) groups is 2. The molecule has 0 N–H and O–H groups in total. The Balaban J connectivity index is 1.34. The molecule has 1 aromatic heterocycles. The van der Waals surface area contributed by atoms with Gasteiger partial charge in [-0.1, -0.05) is 17.7 Å². The highest BCUT2D eigenvalue weighted by molar-refractivity contribution is 7.10. The minimum Gasteiger partial charge on any atom is -0.497 e. The van der Waals surface area contributed by atoms with Gasteiger partial charge in [-0.25, -0.2) is 0 Å². The maximum Gasteiger partial charge on any atom is 0.254 e. The Hall–Kier alpha value is -3.32. The number of rotatable bonds is 9. The summed E-state index contributed by atoms with van der Waals surface area (Å²) in [5, 5.41) is 2.09. The smallest absolute Gasteiger partial charge is 0.254 e. The Morgan fingerprint density at radius 2 is 1.86 bits per heavy atom. The molecule has 2 heterocycles. The highest BCUT2D eigenvalue weighted by Gasteiger charge is 2.35. The second-order valence-electron chi connectivity index (χ2n) is 10.1. The van der Waals surface area contributed by atoms with Gasteiger partial charge in [0, 0.05) is 23.5 Å². The highest BCUT2D eigenvalue weighted by Crippen LogP contribution is 2.35. The molecule has 3 aromatic rings. The van der Waals surface area contributed by atoms with Crippen molar-refractivity contribution in [2.24, 2.45) is 5.92 Å². The SMILES string of the molecule is COc1ccc(C(=O)N(CC(=O)N2CCc3sccc3C2COc2ccc(C)cc2C)CC2CC2)cc1. The summed E-state index contributed by atoms with van der Waals surface area (Å²) in [6.07, 6.45) is 3.04. The van der Waals surface area contributed by atoms with E-state index in [1.54, 1.807) is 47.6 Å². The van der Waals surface area contributed by atoms with Crippen molar-refractivity contribution in [3.63, 3.8) is 0 Å². The van der Waals surface area contributed by atoms with Crippen LogP contribution in [0.25, 0.3) is 0 Å². The number of ether oxygens (including phenoxy) is 2. The summed E-state index contributed by atoms with van der Waals surface area (Å²) in [5.74, 6) is 1.87. The van der Waals surface area contributed by atoms with Gasteiger partial charge in [-0.15, -0.1) is 11.3 Å². The lowest BCUT2D eigenvalue weighted by atomic mass is 10.00. The number of benzene rings is 2. The summed E-state index contributed by atoms with van der Waals surface area (Å²) >= 11 is 1.74. The topological polar surface area (TPSA) is 59.1 Å². The molecule has 194 valence electrons. The number of thiophene rings is 1. The number of hydrogen-bond acceptors (Lipinski definition) is 5. The monoisotopic (exact) mass is 518 g/mol. The molecular formula is C30H34N2O4S. The van der Waals surface area contributed by atoms with E-state index < -0.39 is 0 Å². The molecule has 1 fully saturated rings. The molecule has 1 aliphatic carbocycles. The molecule has 7 heteroatoms. The molecule has 5 rings (SSSR count). The predicted molar refractivity (Wildman–Crippen MR) is 146 cm³/mol. The lowest BCUT2D eigenvalue weighted by Crippen LogP contribution is -2.48. The number of amides is 2. The number of hydrogen-bond donors (Lipinski definition) is 0. The third-order valence-corrected chi connectivity index (χ3v) is 8.26. The van der Waals surface area contributed by atoms with Crippen LogP contribution in [0.3, 0.4) is 0 Å². The van der Waals surface area contributed by atoms with Crippen molar-refractivity contribution in [2.75, 3.05) is 33.4 Å². The average molecular weight is 519 g/mol. The molecule has 1 atom stereocenters. The first-order valence-corrected chi connectivity index (χ1v) is 13.8. The van der Waals surface area contributed by atoms with E-state index in [4.69, 9.17) is 9.47 Å². The molecule has 0 radical (unpaired) electrons. The summed E-state index contributed by atoms with van der Waals surface area (Å²) < 4.78 is 11.5. The van der Waals surface area contributed by atoms with Crippen LogP contribution in [0.5, 0.6) is 11.5 Å². The first kappa shape index (κ1) is 25.3. The van der Waals surface area contributed by atoms with Gasteiger partial charge < -0.3 is 19.3 Å². The van der Waals surface area contributed by atoms with E-state index in [2.05, 4.69) is 24.4 Å². The number of fused-ring (bicyclic) bond motifs is 1. The van der Waals surface area contributed by atoms with Crippen molar-refractivity contribution in [1.82, 2.24) is 9.80 Å². The third-order valence-electron chi connectivity index (χ3n) is 7.27. The molecular weight excluding hydrogens is 484 g/mol. The molecule has 6 nitrogen and oxygen atoms in total. The first-order chi connectivity index (χ1) is 17.9. The van der Waals surface area contributed by atoms with Gasteiger partial charge in [0.1, 0.15) is 24.7 Å². The standard InChI is InChI=1S/C30H34N2O4S/c1-20-4-11-27(21(2)16-20)36-19-26-25-13-15-37-28(25)12-14-32(26)29(33)18-31(17-22-5-6-22)30(34)23-7-9-24(35-3)10-8-23/h4,7-11,13,15-16,22,26H,5-6,12,14,17-19H2,1-3H3. The molecule has 0 spiro atoms. The average Bonchev–Trinajstić information content (AvgIpc) is 3.59. The first-order valence-electron chi connectivity index (χ1n) is 12.9. The largest absolute Gasteiger partial charge is 0.497 e. The zero-order valence-electron chi connectivity index (χ0n) is 21.7. The fourth-order valence-corrected chi connectivity index (χ4v) is 5.93. The van der Waals surface area contributed by atoms with Crippen LogP contribution >= 0.6 is 11.3 Å². The van der Waals surface area contributed by atoms with Crippen LogP contribution in [-0.2, 0) is 11.2 Å². The quantitative estimate of drug-likeness (QED) is 0.379. The minimum atomic E-state index is -0.179. The van der Waals surface area contributed by atoms with Gasteiger partial charge in [0.05, 0.1) is 13.2 Å². The third kappa shape index (κ3) is 5.82. The zero-order valence-corrected chi connectivity index (χ0v) is 22.6. The van der Waals surface area contributed by atoms with E-state index in [0.29, 0.717) is 36.9 Å². The predicted octanol–water partition coefficient (Wildman–Crippen LogP) is 5.43. The van der Waals surface area contributed by atoms with E-state index in [1.807, 2.05) is 24.0 Å². The second kappa shape index (κ2) is 11.0. The van der Waals surface area contributed by atoms with Crippen molar-refractivity contribution in [1.29, 1.82) is 0 Å². The second-order valence-corrected chi connectivity index (χ2v) is 11.1. The van der Waals surface area contributed by atoms with Gasteiger partial charge in [-0.2, -0.15) is 0 Å². The molecule has 2 aromatic carbocycles. The van der Waals surface area contributed by atoms with Gasteiger partial charge in [0.2, 0.25) is 5.91 Å². The van der Waals surface area contributed by atoms with Crippen molar-refractivity contribution in [2.45, 2.75) is 39.2 Å². The number of nitrogens with zero attached hydrogens (tertiary/aromatic N) is 2. The highest BCUT2D eigenvalue weighted by atomic mass is 32.1. The van der Waals surface area contributed by atoms with Crippen LogP contribution in [0.15, 0.2) is 53.9 Å². The Morgan fingerprint density at radius 3 is 2.57 bits per heavy atom. The van der Waals surface area contributed by atoms with Crippen molar-refractivity contribution in [3.05, 3.63) is 81.0 Å². The van der Waals surface area contributed by atoms with Crippen molar-refractivity contribution in [3.8, 4) is 11.5 Å². The molecule has 1 aliphatic heterocycles. The van der Waals surface area contributed by atoms with Crippen LogP contribution in [0.4, 0.5) is 0 Å². The maximum absolute atomic E-state index is 13.8. The maximum atomic E-state index is 13.8. The van der Waals surface area contributed by atoms with Crippen LogP contribution in [0.1, 0.15) is 50.8 Å². The van der Waals surface area contributed by atoms with Crippen molar-refractivity contribution >= 4 is 23.2 Å². The van der Waals surface area contributed by atoms with Gasteiger partial charge in [-0.05, 0) is 91.9 Å². The van der Waals surface area contributed by atoms with E-state index in [9.17, 15) is 9.59 Å². The van der Waals surface area contributed by atoms with Crippen molar-refractivity contribution < 1.29 is 19.1 Å². The molecule has 0 saturated heterocycles. The van der Waals surface area contributed by atoms with Crippen LogP contribution in [-0.4, -0.2) is 55.0 Å². The number of methoxy groups -OCH3 is 1. The summed E-state index contributed by atoms with van der Waals surface area (Å²) in [7, 11) is 1.60. The summed E-state index contributed by atoms with van der Waals surface area (Å²) in [4.78, 5) is 32.2. The van der Waals surface area contributed by atoms with E-state index >= 15 is 0 Å². The Bertz CT molecular complexity index is 1260. The van der Waals surface area contributed by atoms with Gasteiger partial charge >= 0.3 is 0 Å². The van der Waals surface area contributed by atoms with Gasteiger partial charge in [0.25, 0.3) is 5.91 Å². The van der Waals surface area contributed by atoms with Crippen LogP contribution in [0.2, 0.25) is 0 Å². The molecule has 1 saturated carbocycles. The Morgan fingerprint density at radius 1 is 1.08 bits per heavy atom. The van der Waals surface area contributed by atoms with Crippen LogP contribution in [0, 0.1) is 19.8 Å².